The molecule has 2 rings (SSSR count). The minimum absolute atomic E-state index is 0.185. The number of aliphatic hydroxyl groups excluding tert-OH is 1. The molecule has 1 fully saturated rings. The van der Waals surface area contributed by atoms with E-state index in [9.17, 15) is 5.11 Å². The molecule has 2 N–H and O–H groups in total. The molecular weight excluding hydrogens is 200 g/mol. The Kier molecular flexibility index (Phi) is 3.80. The molecule has 1 aromatic rings. The van der Waals surface area contributed by atoms with Gasteiger partial charge in [-0.25, -0.2) is 0 Å². The van der Waals surface area contributed by atoms with E-state index in [0.717, 1.165) is 19.6 Å². The third-order valence-electron chi connectivity index (χ3n) is 3.07. The number of nitrogens with one attached hydrogen (secondary N) is 1. The molecule has 0 spiro atoms. The average molecular weight is 220 g/mol. The standard InChI is InChI=1S/C13H20N2O/c1-11-7-14-12(10-16)9-15(8-11)13-5-3-2-4-6-13/h2-6,11-12,14,16H,7-10H2,1H3. The van der Waals surface area contributed by atoms with Gasteiger partial charge in [0.25, 0.3) is 0 Å². The first-order valence-corrected chi connectivity index (χ1v) is 5.94. The van der Waals surface area contributed by atoms with Gasteiger partial charge in [-0.15, -0.1) is 0 Å². The molecule has 88 valence electrons. The zero-order valence-corrected chi connectivity index (χ0v) is 9.76. The molecule has 0 aliphatic carbocycles. The van der Waals surface area contributed by atoms with Crippen LogP contribution in [0.5, 0.6) is 0 Å². The predicted molar refractivity (Wildman–Crippen MR) is 66.7 cm³/mol. The third kappa shape index (κ3) is 2.74. The molecular formula is C13H20N2O. The van der Waals surface area contributed by atoms with Crippen molar-refractivity contribution in [3.63, 3.8) is 0 Å². The number of nitrogens with zero attached hydrogens (tertiary/aromatic N) is 1. The molecule has 3 nitrogen and oxygen atoms in total. The lowest BCUT2D eigenvalue weighted by molar-refractivity contribution is 0.247. The predicted octanol–water partition coefficient (Wildman–Crippen LogP) is 1.09. The summed E-state index contributed by atoms with van der Waals surface area (Å²) in [5, 5.41) is 12.7. The van der Waals surface area contributed by atoms with Crippen LogP contribution >= 0.6 is 0 Å². The zero-order chi connectivity index (χ0) is 11.4. The van der Waals surface area contributed by atoms with Gasteiger partial charge in [0.15, 0.2) is 0 Å². The number of aliphatic hydroxyl groups is 1. The molecule has 1 heterocycles. The molecule has 1 aliphatic rings. The second kappa shape index (κ2) is 5.32. The molecule has 0 saturated carbocycles. The first-order valence-electron chi connectivity index (χ1n) is 5.94. The van der Waals surface area contributed by atoms with Gasteiger partial charge >= 0.3 is 0 Å². The highest BCUT2D eigenvalue weighted by atomic mass is 16.3. The van der Waals surface area contributed by atoms with Crippen molar-refractivity contribution in [1.82, 2.24) is 5.32 Å². The summed E-state index contributed by atoms with van der Waals surface area (Å²) >= 11 is 0. The Balaban J connectivity index is 2.12. The first-order chi connectivity index (χ1) is 7.79. The number of benzene rings is 1. The normalized spacial score (nSPS) is 26.5. The van der Waals surface area contributed by atoms with Gasteiger partial charge in [0.1, 0.15) is 0 Å². The van der Waals surface area contributed by atoms with Crippen molar-refractivity contribution in [1.29, 1.82) is 0 Å². The summed E-state index contributed by atoms with van der Waals surface area (Å²) in [6, 6.07) is 10.6. The van der Waals surface area contributed by atoms with Gasteiger partial charge in [0, 0.05) is 24.8 Å². The summed E-state index contributed by atoms with van der Waals surface area (Å²) < 4.78 is 0. The minimum atomic E-state index is 0.185. The second-order valence-electron chi connectivity index (χ2n) is 4.63. The van der Waals surface area contributed by atoms with Crippen LogP contribution < -0.4 is 10.2 Å². The van der Waals surface area contributed by atoms with Crippen LogP contribution in [0.4, 0.5) is 5.69 Å². The van der Waals surface area contributed by atoms with Crippen LogP contribution in [0.15, 0.2) is 30.3 Å². The number of rotatable bonds is 2. The van der Waals surface area contributed by atoms with Crippen molar-refractivity contribution in [2.45, 2.75) is 13.0 Å². The van der Waals surface area contributed by atoms with E-state index in [1.807, 2.05) is 6.07 Å². The molecule has 1 aromatic carbocycles. The Morgan fingerprint density at radius 2 is 2.06 bits per heavy atom. The van der Waals surface area contributed by atoms with Crippen molar-refractivity contribution < 1.29 is 5.11 Å². The maximum absolute atomic E-state index is 9.28. The number of anilines is 1. The SMILES string of the molecule is CC1CNC(CO)CN(c2ccccc2)C1. The summed E-state index contributed by atoms with van der Waals surface area (Å²) in [6.07, 6.45) is 0. The van der Waals surface area contributed by atoms with Gasteiger partial charge in [-0.3, -0.25) is 0 Å². The third-order valence-corrected chi connectivity index (χ3v) is 3.07. The van der Waals surface area contributed by atoms with E-state index >= 15 is 0 Å². The molecule has 2 atom stereocenters. The summed E-state index contributed by atoms with van der Waals surface area (Å²) in [4.78, 5) is 2.35. The maximum Gasteiger partial charge on any atom is 0.0601 e. The van der Waals surface area contributed by atoms with Crippen LogP contribution in [0.25, 0.3) is 0 Å². The minimum Gasteiger partial charge on any atom is -0.395 e. The Labute approximate surface area is 97.1 Å². The molecule has 1 saturated heterocycles. The van der Waals surface area contributed by atoms with E-state index in [0.29, 0.717) is 5.92 Å². The second-order valence-corrected chi connectivity index (χ2v) is 4.63. The maximum atomic E-state index is 9.28. The van der Waals surface area contributed by atoms with Crippen molar-refractivity contribution >= 4 is 5.69 Å². The van der Waals surface area contributed by atoms with Crippen LogP contribution in [0.2, 0.25) is 0 Å². The highest BCUT2D eigenvalue weighted by molar-refractivity contribution is 5.46. The van der Waals surface area contributed by atoms with Crippen LogP contribution in [-0.2, 0) is 0 Å². The van der Waals surface area contributed by atoms with E-state index in [2.05, 4.69) is 41.4 Å². The van der Waals surface area contributed by atoms with E-state index in [4.69, 9.17) is 0 Å². The Bertz CT molecular complexity index is 315. The topological polar surface area (TPSA) is 35.5 Å². The van der Waals surface area contributed by atoms with Crippen LogP contribution in [0.1, 0.15) is 6.92 Å². The van der Waals surface area contributed by atoms with Crippen molar-refractivity contribution in [2.75, 3.05) is 31.1 Å². The van der Waals surface area contributed by atoms with Gasteiger partial charge in [0.05, 0.1) is 6.61 Å². The molecule has 16 heavy (non-hydrogen) atoms. The summed E-state index contributed by atoms with van der Waals surface area (Å²) in [5.41, 5.74) is 1.25. The van der Waals surface area contributed by atoms with E-state index in [-0.39, 0.29) is 12.6 Å². The lowest BCUT2D eigenvalue weighted by Crippen LogP contribution is -2.40. The lowest BCUT2D eigenvalue weighted by atomic mass is 10.1. The Morgan fingerprint density at radius 1 is 1.31 bits per heavy atom. The fourth-order valence-electron chi connectivity index (χ4n) is 2.19. The van der Waals surface area contributed by atoms with E-state index < -0.39 is 0 Å². The van der Waals surface area contributed by atoms with E-state index in [1.165, 1.54) is 5.69 Å². The molecule has 0 aromatic heterocycles. The smallest absolute Gasteiger partial charge is 0.0601 e. The van der Waals surface area contributed by atoms with Crippen molar-refractivity contribution in [3.05, 3.63) is 30.3 Å². The van der Waals surface area contributed by atoms with E-state index in [1.54, 1.807) is 0 Å². The number of hydrogen-bond acceptors (Lipinski definition) is 3. The molecule has 3 heteroatoms. The summed E-state index contributed by atoms with van der Waals surface area (Å²) in [7, 11) is 0. The van der Waals surface area contributed by atoms with Gasteiger partial charge < -0.3 is 15.3 Å². The fraction of sp³-hybridized carbons (Fsp3) is 0.538. The molecule has 0 radical (unpaired) electrons. The zero-order valence-electron chi connectivity index (χ0n) is 9.76. The van der Waals surface area contributed by atoms with Crippen LogP contribution in [0.3, 0.4) is 0 Å². The van der Waals surface area contributed by atoms with Gasteiger partial charge in [-0.05, 0) is 24.6 Å². The average Bonchev–Trinajstić information content (AvgIpc) is 2.52. The molecule has 2 unspecified atom stereocenters. The number of para-hydroxylation sites is 1. The van der Waals surface area contributed by atoms with Crippen molar-refractivity contribution in [2.24, 2.45) is 5.92 Å². The molecule has 0 amide bonds. The van der Waals surface area contributed by atoms with Gasteiger partial charge in [-0.2, -0.15) is 0 Å². The number of hydrogen-bond donors (Lipinski definition) is 2. The Hall–Kier alpha value is -1.06. The van der Waals surface area contributed by atoms with Gasteiger partial charge in [0.2, 0.25) is 0 Å². The largest absolute Gasteiger partial charge is 0.395 e. The van der Waals surface area contributed by atoms with Crippen LogP contribution in [-0.4, -0.2) is 37.4 Å². The highest BCUT2D eigenvalue weighted by Crippen LogP contribution is 2.17. The quantitative estimate of drug-likeness (QED) is 0.783. The van der Waals surface area contributed by atoms with Crippen LogP contribution in [0, 0.1) is 5.92 Å². The fourth-order valence-corrected chi connectivity index (χ4v) is 2.19. The molecule has 1 aliphatic heterocycles. The lowest BCUT2D eigenvalue weighted by Gasteiger charge is -2.26. The first kappa shape index (κ1) is 11.4. The Morgan fingerprint density at radius 3 is 2.75 bits per heavy atom. The highest BCUT2D eigenvalue weighted by Gasteiger charge is 2.20. The summed E-state index contributed by atoms with van der Waals surface area (Å²) in [6.45, 7) is 5.35. The van der Waals surface area contributed by atoms with Gasteiger partial charge in [-0.1, -0.05) is 25.1 Å². The monoisotopic (exact) mass is 220 g/mol. The van der Waals surface area contributed by atoms with Crippen molar-refractivity contribution in [3.8, 4) is 0 Å². The summed E-state index contributed by atoms with van der Waals surface area (Å²) in [5.74, 6) is 0.608. The molecule has 0 bridgehead atoms.